The van der Waals surface area contributed by atoms with Gasteiger partial charge in [0.1, 0.15) is 11.6 Å². The molecule has 3 rings (SSSR count). The fourth-order valence-electron chi connectivity index (χ4n) is 3.07. The number of benzene rings is 2. The van der Waals surface area contributed by atoms with Gasteiger partial charge in [0, 0.05) is 11.1 Å². The highest BCUT2D eigenvalue weighted by Crippen LogP contribution is 2.34. The second-order valence-electron chi connectivity index (χ2n) is 7.03. The van der Waals surface area contributed by atoms with Crippen molar-refractivity contribution in [1.29, 1.82) is 0 Å². The van der Waals surface area contributed by atoms with Crippen LogP contribution in [0.25, 0.3) is 22.5 Å². The molecule has 2 aromatic carbocycles. The molecule has 30 heavy (non-hydrogen) atoms. The lowest BCUT2D eigenvalue weighted by Gasteiger charge is -2.12. The number of carboxylic acid groups (broad SMARTS) is 1. The number of hydrogen-bond donors (Lipinski definition) is 2. The molecule has 0 aliphatic heterocycles. The molecular formula is C23H25FN2O4. The van der Waals surface area contributed by atoms with Gasteiger partial charge in [0.25, 0.3) is 0 Å². The normalized spacial score (nSPS) is 12.0. The largest absolute Gasteiger partial charge is 0.493 e. The van der Waals surface area contributed by atoms with E-state index in [1.165, 1.54) is 24.3 Å². The van der Waals surface area contributed by atoms with Crippen molar-refractivity contribution in [2.24, 2.45) is 0 Å². The van der Waals surface area contributed by atoms with Crippen LogP contribution in [0.3, 0.4) is 0 Å². The number of carboxylic acids is 1. The molecular weight excluding hydrogens is 387 g/mol. The highest BCUT2D eigenvalue weighted by atomic mass is 19.1. The highest BCUT2D eigenvalue weighted by molar-refractivity contribution is 5.90. The van der Waals surface area contributed by atoms with E-state index in [0.29, 0.717) is 35.7 Å². The summed E-state index contributed by atoms with van der Waals surface area (Å²) in [4.78, 5) is 11.5. The molecule has 0 aliphatic rings. The van der Waals surface area contributed by atoms with Crippen LogP contribution >= 0.6 is 0 Å². The zero-order valence-electron chi connectivity index (χ0n) is 17.0. The van der Waals surface area contributed by atoms with E-state index in [1.807, 2.05) is 13.8 Å². The van der Waals surface area contributed by atoms with Gasteiger partial charge in [0.15, 0.2) is 0 Å². The van der Waals surface area contributed by atoms with E-state index in [2.05, 4.69) is 5.10 Å². The Balaban J connectivity index is 2.13. The fourth-order valence-corrected chi connectivity index (χ4v) is 3.07. The molecule has 158 valence electrons. The van der Waals surface area contributed by atoms with E-state index in [-0.39, 0.29) is 17.9 Å². The summed E-state index contributed by atoms with van der Waals surface area (Å²) in [5.74, 6) is -0.853. The van der Waals surface area contributed by atoms with Gasteiger partial charge in [-0.3, -0.25) is 4.68 Å². The van der Waals surface area contributed by atoms with Crippen LogP contribution in [0.1, 0.15) is 37.0 Å². The van der Waals surface area contributed by atoms with Crippen LogP contribution in [0.5, 0.6) is 5.75 Å². The Morgan fingerprint density at radius 3 is 2.53 bits per heavy atom. The van der Waals surface area contributed by atoms with Crippen molar-refractivity contribution in [3.8, 4) is 28.3 Å². The lowest BCUT2D eigenvalue weighted by Crippen LogP contribution is -2.16. The van der Waals surface area contributed by atoms with Gasteiger partial charge in [-0.05, 0) is 61.4 Å². The van der Waals surface area contributed by atoms with E-state index in [0.717, 1.165) is 12.0 Å². The molecule has 0 radical (unpaired) electrons. The first kappa shape index (κ1) is 21.5. The molecule has 0 spiro atoms. The summed E-state index contributed by atoms with van der Waals surface area (Å²) in [6.45, 7) is 4.60. The Kier molecular flexibility index (Phi) is 6.84. The summed E-state index contributed by atoms with van der Waals surface area (Å²) in [7, 11) is 0. The van der Waals surface area contributed by atoms with Crippen molar-refractivity contribution in [2.75, 3.05) is 6.61 Å². The number of hydrogen-bond acceptors (Lipinski definition) is 4. The molecule has 0 aliphatic carbocycles. The minimum absolute atomic E-state index is 0.125. The summed E-state index contributed by atoms with van der Waals surface area (Å²) in [5, 5.41) is 24.2. The summed E-state index contributed by atoms with van der Waals surface area (Å²) >= 11 is 0. The molecule has 2 N–H and O–H groups in total. The van der Waals surface area contributed by atoms with E-state index < -0.39 is 12.1 Å². The zero-order valence-corrected chi connectivity index (χ0v) is 17.0. The average Bonchev–Trinajstić information content (AvgIpc) is 3.15. The maximum Gasteiger partial charge on any atom is 0.335 e. The number of nitrogens with zero attached hydrogens (tertiary/aromatic N) is 2. The quantitative estimate of drug-likeness (QED) is 0.536. The van der Waals surface area contributed by atoms with Gasteiger partial charge in [-0.15, -0.1) is 0 Å². The van der Waals surface area contributed by atoms with Gasteiger partial charge < -0.3 is 14.9 Å². The van der Waals surface area contributed by atoms with Crippen molar-refractivity contribution >= 4 is 5.97 Å². The average molecular weight is 412 g/mol. The third-order valence-corrected chi connectivity index (χ3v) is 4.74. The summed E-state index contributed by atoms with van der Waals surface area (Å²) in [5.41, 5.74) is 2.63. The SMILES string of the molecule is CCCOc1ccc(C(=O)O)cc1-c1cc(-c2ccc(F)cc2)n(CC(O)CC)n1. The highest BCUT2D eigenvalue weighted by Gasteiger charge is 2.18. The predicted molar refractivity (Wildman–Crippen MR) is 112 cm³/mol. The Bertz CT molecular complexity index is 1010. The Hall–Kier alpha value is -3.19. The van der Waals surface area contributed by atoms with Crippen LogP contribution in [-0.2, 0) is 6.54 Å². The standard InChI is InChI=1S/C23H25FN2O4/c1-3-11-30-22-10-7-16(23(28)29)12-19(22)20-13-21(15-5-8-17(24)9-6-15)26(25-20)14-18(27)4-2/h5-10,12-13,18,27H,3-4,11,14H2,1-2H3,(H,28,29). The van der Waals surface area contributed by atoms with E-state index in [1.54, 1.807) is 28.9 Å². The summed E-state index contributed by atoms with van der Waals surface area (Å²) in [6.07, 6.45) is 0.758. The Morgan fingerprint density at radius 1 is 1.17 bits per heavy atom. The molecule has 0 bridgehead atoms. The smallest absolute Gasteiger partial charge is 0.335 e. The predicted octanol–water partition coefficient (Wildman–Crippen LogP) is 4.61. The van der Waals surface area contributed by atoms with Gasteiger partial charge in [-0.1, -0.05) is 13.8 Å². The molecule has 0 fully saturated rings. The minimum Gasteiger partial charge on any atom is -0.493 e. The van der Waals surface area contributed by atoms with Gasteiger partial charge in [-0.25, -0.2) is 9.18 Å². The fraction of sp³-hybridized carbons (Fsp3) is 0.304. The van der Waals surface area contributed by atoms with E-state index >= 15 is 0 Å². The maximum atomic E-state index is 13.4. The molecule has 0 amide bonds. The second kappa shape index (κ2) is 9.54. The summed E-state index contributed by atoms with van der Waals surface area (Å²) in [6, 6.07) is 12.5. The third-order valence-electron chi connectivity index (χ3n) is 4.74. The number of aromatic nitrogens is 2. The van der Waals surface area contributed by atoms with Crippen molar-refractivity contribution in [3.05, 3.63) is 59.9 Å². The number of ether oxygens (including phenoxy) is 1. The number of carbonyl (C=O) groups is 1. The van der Waals surface area contributed by atoms with Crippen molar-refractivity contribution < 1.29 is 24.1 Å². The zero-order chi connectivity index (χ0) is 21.7. The van der Waals surface area contributed by atoms with Gasteiger partial charge >= 0.3 is 5.97 Å². The third kappa shape index (κ3) is 4.86. The molecule has 1 aromatic heterocycles. The van der Waals surface area contributed by atoms with Gasteiger partial charge in [0.2, 0.25) is 0 Å². The number of aliphatic hydroxyl groups excluding tert-OH is 1. The molecule has 7 heteroatoms. The Labute approximate surface area is 174 Å². The second-order valence-corrected chi connectivity index (χ2v) is 7.03. The minimum atomic E-state index is -1.04. The van der Waals surface area contributed by atoms with Crippen LogP contribution in [0.15, 0.2) is 48.5 Å². The molecule has 0 saturated carbocycles. The molecule has 1 unspecified atom stereocenters. The number of aliphatic hydroxyl groups is 1. The van der Waals surface area contributed by atoms with Crippen LogP contribution in [0.4, 0.5) is 4.39 Å². The lowest BCUT2D eigenvalue weighted by molar-refractivity contribution is 0.0697. The molecule has 6 nitrogen and oxygen atoms in total. The number of halogens is 1. The van der Waals surface area contributed by atoms with Gasteiger partial charge in [0.05, 0.1) is 36.2 Å². The molecule has 3 aromatic rings. The molecule has 1 heterocycles. The van der Waals surface area contributed by atoms with Crippen LogP contribution in [0.2, 0.25) is 0 Å². The lowest BCUT2D eigenvalue weighted by atomic mass is 10.1. The molecule has 0 saturated heterocycles. The first-order valence-corrected chi connectivity index (χ1v) is 9.95. The Morgan fingerprint density at radius 2 is 1.90 bits per heavy atom. The van der Waals surface area contributed by atoms with Gasteiger partial charge in [-0.2, -0.15) is 5.10 Å². The van der Waals surface area contributed by atoms with E-state index in [4.69, 9.17) is 4.74 Å². The first-order chi connectivity index (χ1) is 14.4. The van der Waals surface area contributed by atoms with Crippen molar-refractivity contribution in [3.63, 3.8) is 0 Å². The maximum absolute atomic E-state index is 13.4. The number of rotatable bonds is 9. The van der Waals surface area contributed by atoms with Crippen molar-refractivity contribution in [1.82, 2.24) is 9.78 Å². The molecule has 1 atom stereocenters. The van der Waals surface area contributed by atoms with E-state index in [9.17, 15) is 19.4 Å². The topological polar surface area (TPSA) is 84.6 Å². The van der Waals surface area contributed by atoms with Crippen LogP contribution in [0, 0.1) is 5.82 Å². The van der Waals surface area contributed by atoms with Crippen LogP contribution in [-0.4, -0.2) is 38.7 Å². The van der Waals surface area contributed by atoms with Crippen molar-refractivity contribution in [2.45, 2.75) is 39.3 Å². The monoisotopic (exact) mass is 412 g/mol. The summed E-state index contributed by atoms with van der Waals surface area (Å²) < 4.78 is 20.9. The van der Waals surface area contributed by atoms with Crippen LogP contribution < -0.4 is 4.74 Å². The first-order valence-electron chi connectivity index (χ1n) is 9.95. The number of aromatic carboxylic acids is 1.